The summed E-state index contributed by atoms with van der Waals surface area (Å²) in [6.45, 7) is 7.62. The molecule has 8 heteroatoms. The zero-order chi connectivity index (χ0) is 27.6. The molecular formula is C31H38N4O4. The van der Waals surface area contributed by atoms with Crippen LogP contribution in [0.2, 0.25) is 0 Å². The lowest BCUT2D eigenvalue weighted by atomic mass is 9.73. The molecule has 1 saturated heterocycles. The van der Waals surface area contributed by atoms with E-state index in [0.29, 0.717) is 55.9 Å². The second-order valence-electron chi connectivity index (χ2n) is 11.0. The fourth-order valence-electron chi connectivity index (χ4n) is 6.00. The molecule has 206 valence electrons. The fourth-order valence-corrected chi connectivity index (χ4v) is 6.00. The van der Waals surface area contributed by atoms with Gasteiger partial charge in [-0.05, 0) is 82.7 Å². The Hall–Kier alpha value is -3.68. The van der Waals surface area contributed by atoms with Crippen molar-refractivity contribution in [3.05, 3.63) is 69.6 Å². The van der Waals surface area contributed by atoms with Gasteiger partial charge in [0.1, 0.15) is 18.1 Å². The van der Waals surface area contributed by atoms with Gasteiger partial charge in [-0.15, -0.1) is 0 Å². The lowest BCUT2D eigenvalue weighted by Gasteiger charge is -2.41. The van der Waals surface area contributed by atoms with Crippen molar-refractivity contribution in [2.24, 2.45) is 5.41 Å². The molecule has 8 nitrogen and oxygen atoms in total. The maximum Gasteiger partial charge on any atom is 0.272 e. The number of nitrogens with zero attached hydrogens (tertiary/aromatic N) is 3. The minimum atomic E-state index is -0.483. The molecule has 3 heterocycles. The molecule has 1 atom stereocenters. The number of nitrogens with one attached hydrogen (secondary N) is 1. The number of para-hydroxylation sites is 1. The Kier molecular flexibility index (Phi) is 7.73. The molecule has 0 unspecified atom stereocenters. The number of hydrogen-bond donors (Lipinski definition) is 1. The van der Waals surface area contributed by atoms with E-state index in [4.69, 9.17) is 4.74 Å². The van der Waals surface area contributed by atoms with Gasteiger partial charge >= 0.3 is 0 Å². The third kappa shape index (κ3) is 5.42. The number of benzene rings is 2. The van der Waals surface area contributed by atoms with Crippen LogP contribution in [-0.4, -0.2) is 52.0 Å². The quantitative estimate of drug-likeness (QED) is 0.535. The zero-order valence-corrected chi connectivity index (χ0v) is 23.2. The Morgan fingerprint density at radius 3 is 2.64 bits per heavy atom. The van der Waals surface area contributed by atoms with Gasteiger partial charge in [0.2, 0.25) is 5.91 Å². The number of fused-ring (bicyclic) bond motifs is 2. The first-order valence-corrected chi connectivity index (χ1v) is 14.1. The van der Waals surface area contributed by atoms with E-state index in [-0.39, 0.29) is 23.4 Å². The predicted octanol–water partition coefficient (Wildman–Crippen LogP) is 4.26. The van der Waals surface area contributed by atoms with Crippen molar-refractivity contribution in [3.63, 3.8) is 0 Å². The maximum atomic E-state index is 13.6. The van der Waals surface area contributed by atoms with Crippen LogP contribution in [-0.2, 0) is 17.8 Å². The molecule has 2 aliphatic heterocycles. The largest absolute Gasteiger partial charge is 0.491 e. The van der Waals surface area contributed by atoms with Crippen molar-refractivity contribution in [1.82, 2.24) is 19.8 Å². The summed E-state index contributed by atoms with van der Waals surface area (Å²) in [6, 6.07) is 13.4. The van der Waals surface area contributed by atoms with Crippen LogP contribution >= 0.6 is 0 Å². The van der Waals surface area contributed by atoms with Gasteiger partial charge in [-0.2, -0.15) is 0 Å². The summed E-state index contributed by atoms with van der Waals surface area (Å²) in [7, 11) is 0. The van der Waals surface area contributed by atoms with E-state index >= 15 is 0 Å². The summed E-state index contributed by atoms with van der Waals surface area (Å²) in [5.41, 5.74) is 2.97. The number of ether oxygens (including phenoxy) is 1. The van der Waals surface area contributed by atoms with Crippen LogP contribution in [0.4, 0.5) is 0 Å². The molecule has 0 bridgehead atoms. The van der Waals surface area contributed by atoms with Crippen molar-refractivity contribution in [2.75, 3.05) is 19.7 Å². The number of hydrogen-bond acceptors (Lipinski definition) is 5. The van der Waals surface area contributed by atoms with E-state index in [9.17, 15) is 14.4 Å². The molecule has 1 N–H and O–H groups in total. The highest BCUT2D eigenvalue weighted by atomic mass is 16.5. The van der Waals surface area contributed by atoms with Crippen LogP contribution in [0.3, 0.4) is 0 Å². The van der Waals surface area contributed by atoms with Crippen LogP contribution in [0.25, 0.3) is 11.0 Å². The van der Waals surface area contributed by atoms with E-state index in [1.165, 1.54) is 5.56 Å². The molecule has 5 rings (SSSR count). The first kappa shape index (κ1) is 26.9. The molecule has 2 amide bonds. The Balaban J connectivity index is 1.31. The average Bonchev–Trinajstić information content (AvgIpc) is 2.94. The van der Waals surface area contributed by atoms with Crippen LogP contribution in [0.15, 0.2) is 47.3 Å². The van der Waals surface area contributed by atoms with Gasteiger partial charge in [-0.1, -0.05) is 24.6 Å². The van der Waals surface area contributed by atoms with Gasteiger partial charge in [0.25, 0.3) is 11.5 Å². The second-order valence-corrected chi connectivity index (χ2v) is 11.0. The van der Waals surface area contributed by atoms with Gasteiger partial charge in [-0.25, -0.2) is 4.98 Å². The Bertz CT molecular complexity index is 1440. The second kappa shape index (κ2) is 11.2. The van der Waals surface area contributed by atoms with Gasteiger partial charge < -0.3 is 19.5 Å². The minimum absolute atomic E-state index is 0.0626. The minimum Gasteiger partial charge on any atom is -0.491 e. The molecule has 0 radical (unpaired) electrons. The molecule has 2 aromatic carbocycles. The molecule has 1 spiro atoms. The van der Waals surface area contributed by atoms with E-state index in [0.717, 1.165) is 36.9 Å². The Labute approximate surface area is 229 Å². The normalized spacial score (nSPS) is 19.9. The molecule has 3 aromatic rings. The first-order valence-electron chi connectivity index (χ1n) is 14.1. The molecule has 39 heavy (non-hydrogen) atoms. The number of aryl methyl sites for hydroxylation is 3. The number of carbonyl (C=O) groups excluding carboxylic acids is 2. The SMILES string of the molecule is CCn1c(=O)c(C)nc2cc(C(=O)N3CCC4(CCCCc5ccccc5OC[C@@H](C)NC4=O)CC3)ccc21. The van der Waals surface area contributed by atoms with Crippen molar-refractivity contribution >= 4 is 22.8 Å². The van der Waals surface area contributed by atoms with E-state index in [1.807, 2.05) is 43.0 Å². The highest BCUT2D eigenvalue weighted by Gasteiger charge is 2.42. The summed E-state index contributed by atoms with van der Waals surface area (Å²) in [5, 5.41) is 3.20. The lowest BCUT2D eigenvalue weighted by molar-refractivity contribution is -0.135. The molecule has 2 aliphatic rings. The summed E-state index contributed by atoms with van der Waals surface area (Å²) in [6.07, 6.45) is 4.93. The van der Waals surface area contributed by atoms with Gasteiger partial charge in [-0.3, -0.25) is 14.4 Å². The number of piperidine rings is 1. The molecule has 1 fully saturated rings. The lowest BCUT2D eigenvalue weighted by Crippen LogP contribution is -2.52. The van der Waals surface area contributed by atoms with Crippen LogP contribution < -0.4 is 15.6 Å². The summed E-state index contributed by atoms with van der Waals surface area (Å²) < 4.78 is 7.75. The topological polar surface area (TPSA) is 93.5 Å². The smallest absolute Gasteiger partial charge is 0.272 e. The highest BCUT2D eigenvalue weighted by molar-refractivity contribution is 5.97. The van der Waals surface area contributed by atoms with Crippen molar-refractivity contribution in [3.8, 4) is 5.75 Å². The maximum absolute atomic E-state index is 13.6. The van der Waals surface area contributed by atoms with Crippen LogP contribution in [0.5, 0.6) is 5.75 Å². The first-order chi connectivity index (χ1) is 18.8. The van der Waals surface area contributed by atoms with Crippen molar-refractivity contribution in [2.45, 2.75) is 71.9 Å². The molecular weight excluding hydrogens is 492 g/mol. The average molecular weight is 531 g/mol. The third-order valence-corrected chi connectivity index (χ3v) is 8.35. The molecule has 1 aromatic heterocycles. The Morgan fingerprint density at radius 2 is 1.87 bits per heavy atom. The van der Waals surface area contributed by atoms with Gasteiger partial charge in [0, 0.05) is 25.2 Å². The summed E-state index contributed by atoms with van der Waals surface area (Å²) >= 11 is 0. The van der Waals surface area contributed by atoms with Gasteiger partial charge in [0.05, 0.1) is 22.5 Å². The van der Waals surface area contributed by atoms with E-state index in [1.54, 1.807) is 23.6 Å². The number of carbonyl (C=O) groups is 2. The van der Waals surface area contributed by atoms with E-state index in [2.05, 4.69) is 16.4 Å². The van der Waals surface area contributed by atoms with Crippen LogP contribution in [0.1, 0.15) is 67.6 Å². The zero-order valence-electron chi connectivity index (χ0n) is 23.2. The highest BCUT2D eigenvalue weighted by Crippen LogP contribution is 2.38. The van der Waals surface area contributed by atoms with Crippen molar-refractivity contribution < 1.29 is 14.3 Å². The third-order valence-electron chi connectivity index (χ3n) is 8.35. The summed E-state index contributed by atoms with van der Waals surface area (Å²) in [5.74, 6) is 0.910. The number of aromatic nitrogens is 2. The number of likely N-dealkylation sites (tertiary alicyclic amines) is 1. The fraction of sp³-hybridized carbons (Fsp3) is 0.484. The Morgan fingerprint density at radius 1 is 1.10 bits per heavy atom. The number of rotatable bonds is 2. The molecule has 0 saturated carbocycles. The predicted molar refractivity (Wildman–Crippen MR) is 151 cm³/mol. The standard InChI is InChI=1S/C31H38N4O4/c1-4-35-26-13-12-24(19-25(26)33-22(3)28(35)36)29(37)34-17-15-31(16-18-34)14-8-7-10-23-9-5-6-11-27(23)39-20-21(2)32-30(31)38/h5-6,9,11-13,19,21H,4,7-8,10,14-18,20H2,1-3H3,(H,32,38)/t21-/m1/s1. The number of amides is 2. The van der Waals surface area contributed by atoms with Gasteiger partial charge in [0.15, 0.2) is 0 Å². The summed E-state index contributed by atoms with van der Waals surface area (Å²) in [4.78, 5) is 45.8. The van der Waals surface area contributed by atoms with Crippen molar-refractivity contribution in [1.29, 1.82) is 0 Å². The molecule has 0 aliphatic carbocycles. The van der Waals surface area contributed by atoms with Crippen LogP contribution in [0, 0.1) is 12.3 Å². The monoisotopic (exact) mass is 530 g/mol. The van der Waals surface area contributed by atoms with E-state index < -0.39 is 5.41 Å².